The van der Waals surface area contributed by atoms with E-state index in [0.717, 1.165) is 12.2 Å². The van der Waals surface area contributed by atoms with Crippen LogP contribution in [0.2, 0.25) is 0 Å². The summed E-state index contributed by atoms with van der Waals surface area (Å²) in [5.74, 6) is -1.74. The van der Waals surface area contributed by atoms with Crippen LogP contribution in [0.15, 0.2) is 58.6 Å². The molecule has 0 fully saturated rings. The molecule has 0 heterocycles. The molecule has 1 aromatic carbocycles. The number of phenols is 1. The van der Waals surface area contributed by atoms with E-state index in [2.05, 4.69) is 9.98 Å². The van der Waals surface area contributed by atoms with E-state index in [0.29, 0.717) is 0 Å². The highest BCUT2D eigenvalue weighted by Gasteiger charge is 2.36. The Morgan fingerprint density at radius 3 is 2.10 bits per heavy atom. The molecule has 0 saturated carbocycles. The number of hydrogen-bond acceptors (Lipinski definition) is 3. The summed E-state index contributed by atoms with van der Waals surface area (Å²) < 4.78 is 38.7. The Bertz CT molecular complexity index is 650. The second-order valence-corrected chi connectivity index (χ2v) is 4.06. The van der Waals surface area contributed by atoms with Crippen molar-refractivity contribution in [2.24, 2.45) is 9.98 Å². The summed E-state index contributed by atoms with van der Waals surface area (Å²) in [6, 6.07) is 4.91. The first-order valence-electron chi connectivity index (χ1n) is 5.78. The lowest BCUT2D eigenvalue weighted by atomic mass is 10.1. The van der Waals surface area contributed by atoms with Crippen molar-refractivity contribution in [2.75, 3.05) is 0 Å². The molecule has 0 radical (unpaired) electrons. The number of benzene rings is 1. The van der Waals surface area contributed by atoms with Gasteiger partial charge in [0.05, 0.1) is 11.4 Å². The average Bonchev–Trinajstić information content (AvgIpc) is 2.42. The van der Waals surface area contributed by atoms with Crippen LogP contribution >= 0.6 is 0 Å². The lowest BCUT2D eigenvalue weighted by molar-refractivity contribution is -0.110. The second-order valence-electron chi connectivity index (χ2n) is 4.06. The molecule has 0 aliphatic heterocycles. The summed E-state index contributed by atoms with van der Waals surface area (Å²) in [5.41, 5.74) is -0.0197. The van der Waals surface area contributed by atoms with E-state index >= 15 is 0 Å². The predicted octanol–water partition coefficient (Wildman–Crippen LogP) is 3.12. The number of aromatic hydroxyl groups is 1. The molecule has 7 heteroatoms. The molecule has 2 rings (SSSR count). The van der Waals surface area contributed by atoms with Gasteiger partial charge in [0.2, 0.25) is 5.84 Å². The number of aliphatic imine (C=N–C) groups is 2. The molecule has 1 aliphatic carbocycles. The van der Waals surface area contributed by atoms with E-state index in [9.17, 15) is 18.0 Å². The Balaban J connectivity index is 2.38. The first-order valence-corrected chi connectivity index (χ1v) is 5.78. The molecule has 1 N–H and O–H groups in total. The molecule has 0 aromatic heterocycles. The Morgan fingerprint density at radius 1 is 1.00 bits per heavy atom. The van der Waals surface area contributed by atoms with Gasteiger partial charge < -0.3 is 5.11 Å². The van der Waals surface area contributed by atoms with Gasteiger partial charge in [-0.3, -0.25) is 4.79 Å². The van der Waals surface area contributed by atoms with E-state index in [1.54, 1.807) is 0 Å². The van der Waals surface area contributed by atoms with Gasteiger partial charge >= 0.3 is 6.18 Å². The summed E-state index contributed by atoms with van der Waals surface area (Å²) in [6.07, 6.45) is -0.143. The van der Waals surface area contributed by atoms with Gasteiger partial charge in [-0.2, -0.15) is 13.2 Å². The van der Waals surface area contributed by atoms with Gasteiger partial charge in [0.15, 0.2) is 5.78 Å². The first kappa shape index (κ1) is 14.7. The minimum Gasteiger partial charge on any atom is -0.508 e. The van der Waals surface area contributed by atoms with Gasteiger partial charge in [-0.05, 0) is 48.6 Å². The van der Waals surface area contributed by atoms with Crippen molar-refractivity contribution in [2.45, 2.75) is 6.18 Å². The molecule has 0 spiro atoms. The summed E-state index contributed by atoms with van der Waals surface area (Å²) in [5, 5.41) is 9.09. The van der Waals surface area contributed by atoms with Gasteiger partial charge in [0.25, 0.3) is 0 Å². The van der Waals surface area contributed by atoms with E-state index in [4.69, 9.17) is 5.11 Å². The molecule has 21 heavy (non-hydrogen) atoms. The zero-order chi connectivity index (χ0) is 15.5. The highest BCUT2D eigenvalue weighted by atomic mass is 19.4. The van der Waals surface area contributed by atoms with Crippen LogP contribution in [0.4, 0.5) is 18.9 Å². The number of carbonyl (C=O) groups excluding carboxylic acids is 1. The number of amidine groups is 1. The maximum absolute atomic E-state index is 12.9. The quantitative estimate of drug-likeness (QED) is 0.491. The molecule has 0 atom stereocenters. The fraction of sp³-hybridized carbons (Fsp3) is 0.0714. The van der Waals surface area contributed by atoms with Crippen molar-refractivity contribution in [3.8, 4) is 5.75 Å². The minimum atomic E-state index is -4.74. The SMILES string of the molecule is O=C1C=CC(=NC(=Nc2ccc(O)cc2)C(F)(F)F)C=C1. The van der Waals surface area contributed by atoms with Crippen LogP contribution < -0.4 is 0 Å². The maximum atomic E-state index is 12.9. The molecule has 1 aromatic rings. The van der Waals surface area contributed by atoms with Crippen LogP contribution in [0.3, 0.4) is 0 Å². The van der Waals surface area contributed by atoms with Crippen molar-refractivity contribution in [3.63, 3.8) is 0 Å². The highest BCUT2D eigenvalue weighted by Crippen LogP contribution is 2.24. The van der Waals surface area contributed by atoms with Gasteiger partial charge in [-0.1, -0.05) is 0 Å². The zero-order valence-corrected chi connectivity index (χ0v) is 10.5. The van der Waals surface area contributed by atoms with Crippen LogP contribution in [-0.4, -0.2) is 28.6 Å². The third kappa shape index (κ3) is 4.13. The van der Waals surface area contributed by atoms with E-state index in [-0.39, 0.29) is 22.9 Å². The summed E-state index contributed by atoms with van der Waals surface area (Å²) in [4.78, 5) is 17.7. The topological polar surface area (TPSA) is 62.0 Å². The predicted molar refractivity (Wildman–Crippen MR) is 72.0 cm³/mol. The van der Waals surface area contributed by atoms with Gasteiger partial charge in [-0.25, -0.2) is 9.98 Å². The molecule has 0 bridgehead atoms. The Hall–Kier alpha value is -2.70. The number of rotatable bonds is 1. The highest BCUT2D eigenvalue weighted by molar-refractivity contribution is 6.19. The fourth-order valence-electron chi connectivity index (χ4n) is 1.44. The van der Waals surface area contributed by atoms with Gasteiger partial charge in [-0.15, -0.1) is 0 Å². The first-order chi connectivity index (χ1) is 9.84. The number of nitrogens with zero attached hydrogens (tertiary/aromatic N) is 2. The maximum Gasteiger partial charge on any atom is 0.451 e. The molecular formula is C14H9F3N2O2. The molecular weight excluding hydrogens is 285 g/mol. The Labute approximate surface area is 117 Å². The summed E-state index contributed by atoms with van der Waals surface area (Å²) in [6.45, 7) is 0. The third-order valence-electron chi connectivity index (χ3n) is 2.41. The van der Waals surface area contributed by atoms with Crippen molar-refractivity contribution in [1.82, 2.24) is 0 Å². The Morgan fingerprint density at radius 2 is 1.57 bits per heavy atom. The summed E-state index contributed by atoms with van der Waals surface area (Å²) in [7, 11) is 0. The Kier molecular flexibility index (Phi) is 4.02. The van der Waals surface area contributed by atoms with Crippen molar-refractivity contribution in [1.29, 1.82) is 0 Å². The molecule has 0 amide bonds. The third-order valence-corrected chi connectivity index (χ3v) is 2.41. The number of phenolic OH excluding ortho intramolecular Hbond substituents is 1. The molecule has 1 aliphatic rings. The number of allylic oxidation sites excluding steroid dienone is 4. The normalized spacial score (nSPS) is 15.5. The number of halogens is 3. The van der Waals surface area contributed by atoms with Crippen LogP contribution in [0, 0.1) is 0 Å². The van der Waals surface area contributed by atoms with Crippen LogP contribution in [0.25, 0.3) is 0 Å². The van der Waals surface area contributed by atoms with Crippen LogP contribution in [0.5, 0.6) is 5.75 Å². The van der Waals surface area contributed by atoms with Crippen molar-refractivity contribution in [3.05, 3.63) is 48.6 Å². The standard InChI is InChI=1S/C14H9F3N2O2/c15-14(16,17)13(18-9-1-5-11(20)6-2-9)19-10-3-7-12(21)8-4-10/h1-8,20H. The molecule has 0 unspecified atom stereocenters. The smallest absolute Gasteiger partial charge is 0.451 e. The van der Waals surface area contributed by atoms with E-state index in [1.165, 1.54) is 36.4 Å². The van der Waals surface area contributed by atoms with Gasteiger partial charge in [0, 0.05) is 0 Å². The molecule has 4 nitrogen and oxygen atoms in total. The molecule has 0 saturated heterocycles. The zero-order valence-electron chi connectivity index (χ0n) is 10.5. The van der Waals surface area contributed by atoms with Crippen molar-refractivity contribution >= 4 is 23.0 Å². The number of carbonyl (C=O) groups is 1. The van der Waals surface area contributed by atoms with E-state index in [1.807, 2.05) is 0 Å². The monoisotopic (exact) mass is 294 g/mol. The van der Waals surface area contributed by atoms with Crippen molar-refractivity contribution < 1.29 is 23.1 Å². The van der Waals surface area contributed by atoms with Crippen LogP contribution in [0.1, 0.15) is 0 Å². The second kappa shape index (κ2) is 5.74. The number of hydrogen-bond donors (Lipinski definition) is 1. The number of ketones is 1. The van der Waals surface area contributed by atoms with E-state index < -0.39 is 12.0 Å². The average molecular weight is 294 g/mol. The fourth-order valence-corrected chi connectivity index (χ4v) is 1.44. The lowest BCUT2D eigenvalue weighted by Gasteiger charge is -2.07. The minimum absolute atomic E-state index is 0.00400. The lowest BCUT2D eigenvalue weighted by Crippen LogP contribution is -2.22. The molecule has 108 valence electrons. The largest absolute Gasteiger partial charge is 0.508 e. The van der Waals surface area contributed by atoms with Gasteiger partial charge in [0.1, 0.15) is 5.75 Å². The number of alkyl halides is 3. The summed E-state index contributed by atoms with van der Waals surface area (Å²) >= 11 is 0. The van der Waals surface area contributed by atoms with Crippen LogP contribution in [-0.2, 0) is 4.79 Å².